The second-order valence-electron chi connectivity index (χ2n) is 11.4. The van der Waals surface area contributed by atoms with Crippen LogP contribution in [0.4, 0.5) is 61.2 Å². The van der Waals surface area contributed by atoms with Crippen LogP contribution in [0.1, 0.15) is 39.0 Å². The van der Waals surface area contributed by atoms with E-state index in [9.17, 15) is 40.7 Å². The predicted octanol–water partition coefficient (Wildman–Crippen LogP) is 1.93. The van der Waals surface area contributed by atoms with Crippen molar-refractivity contribution in [1.29, 1.82) is 0 Å². The normalized spacial score (nSPS) is 11.4. The first-order valence-corrected chi connectivity index (χ1v) is 17.7. The van der Waals surface area contributed by atoms with Gasteiger partial charge in [-0.2, -0.15) is 36.5 Å². The smallest absolute Gasteiger partial charge is 0.471 e. The van der Waals surface area contributed by atoms with E-state index >= 15 is 0 Å². The lowest BCUT2D eigenvalue weighted by molar-refractivity contribution is -0.683. The minimum Gasteiger partial charge on any atom is -1.00 e. The summed E-state index contributed by atoms with van der Waals surface area (Å²) in [5.74, 6) is -2.42. The van der Waals surface area contributed by atoms with Gasteiger partial charge in [-0.05, 0) is 25.7 Å². The molecule has 0 aliphatic rings. The lowest BCUT2D eigenvalue weighted by atomic mass is 10.2. The fourth-order valence-corrected chi connectivity index (χ4v) is 4.33. The highest BCUT2D eigenvalue weighted by molar-refractivity contribution is 9.09. The van der Waals surface area contributed by atoms with Crippen molar-refractivity contribution in [2.75, 3.05) is 29.9 Å². The third-order valence-corrected chi connectivity index (χ3v) is 7.59. The number of nitrogens with two attached hydrogens (primary N) is 2. The lowest BCUT2D eigenvalue weighted by Gasteiger charge is -2.07. The largest absolute Gasteiger partial charge is 1.00 e. The Hall–Kier alpha value is -5.21. The number of carbonyl (C=O) groups excluding carboxylic acids is 3. The van der Waals surface area contributed by atoms with Crippen molar-refractivity contribution >= 4 is 68.4 Å². The van der Waals surface area contributed by atoms with Crippen molar-refractivity contribution in [3.8, 4) is 0 Å². The van der Waals surface area contributed by atoms with Gasteiger partial charge in [-0.15, -0.1) is 10.2 Å². The van der Waals surface area contributed by atoms with Crippen LogP contribution in [0.25, 0.3) is 0 Å². The van der Waals surface area contributed by atoms with E-state index < -0.39 is 30.5 Å². The van der Waals surface area contributed by atoms with Crippen LogP contribution in [-0.4, -0.2) is 82.5 Å². The molecule has 19 nitrogen and oxygen atoms in total. The number of aromatic nitrogens is 8. The van der Waals surface area contributed by atoms with E-state index in [0.717, 1.165) is 18.3 Å². The zero-order valence-corrected chi connectivity index (χ0v) is 34.0. The number of rotatable bonds is 16. The second kappa shape index (κ2) is 24.4. The molecule has 2 amide bonds. The minimum atomic E-state index is -4.98. The Morgan fingerprint density at radius 3 is 1.96 bits per heavy atom. The average Bonchev–Trinajstić information content (AvgIpc) is 3.93. The van der Waals surface area contributed by atoms with Crippen LogP contribution in [0.2, 0.25) is 0 Å². The number of H-pyrrole nitrogens is 1. The van der Waals surface area contributed by atoms with Gasteiger partial charge in [0.05, 0.1) is 37.9 Å². The van der Waals surface area contributed by atoms with Crippen molar-refractivity contribution in [3.63, 3.8) is 0 Å². The molecule has 0 aromatic carbocycles. The molecule has 0 unspecified atom stereocenters. The summed E-state index contributed by atoms with van der Waals surface area (Å²) in [5.41, 5.74) is 12.3. The van der Waals surface area contributed by atoms with Gasteiger partial charge in [-0.25, -0.2) is 14.1 Å². The summed E-state index contributed by atoms with van der Waals surface area (Å²) in [5, 5.41) is 29.1. The molecule has 316 valence electrons. The Kier molecular flexibility index (Phi) is 21.3. The molecule has 0 bridgehead atoms. The van der Waals surface area contributed by atoms with Gasteiger partial charge in [0.25, 0.3) is 0 Å². The topological polar surface area (TPSA) is 250 Å². The molecule has 0 spiro atoms. The second-order valence-corrected chi connectivity index (χ2v) is 12.2. The fourth-order valence-electron chi connectivity index (χ4n) is 4.05. The number of ketones is 1. The fraction of sp³-hybridized carbons (Fsp3) is 0.500. The van der Waals surface area contributed by atoms with Crippen molar-refractivity contribution in [3.05, 3.63) is 37.2 Å². The molecule has 0 atom stereocenters. The molecule has 27 heteroatoms. The van der Waals surface area contributed by atoms with Gasteiger partial charge >= 0.3 is 24.2 Å². The van der Waals surface area contributed by atoms with E-state index in [1.54, 1.807) is 59.5 Å². The number of nitrogens with one attached hydrogen (secondary N) is 3. The average molecular weight is 949 g/mol. The minimum absolute atomic E-state index is 0. The summed E-state index contributed by atoms with van der Waals surface area (Å²) in [6.45, 7) is 2.42. The number of hydrogen-bond donors (Lipinski definition) is 5. The van der Waals surface area contributed by atoms with Crippen LogP contribution < -0.4 is 43.6 Å². The number of unbranched alkanes of at least 4 members (excludes halogenated alkanes) is 1. The van der Waals surface area contributed by atoms with Crippen LogP contribution in [0.3, 0.4) is 0 Å². The van der Waals surface area contributed by atoms with Crippen molar-refractivity contribution in [1.82, 2.24) is 44.7 Å². The summed E-state index contributed by atoms with van der Waals surface area (Å²) < 4.78 is 79.8. The number of aryl methyl sites for hydroxylation is 4. The Balaban J connectivity index is 0.000000574. The number of imidazole rings is 2. The number of halogens is 8. The zero-order chi connectivity index (χ0) is 41.9. The number of nitrogen functional groups attached to an aromatic ring is 2. The molecule has 0 radical (unpaired) electrons. The Labute approximate surface area is 340 Å². The Morgan fingerprint density at radius 2 is 1.47 bits per heavy atom. The van der Waals surface area contributed by atoms with Gasteiger partial charge in [-0.1, -0.05) is 21.0 Å². The van der Waals surface area contributed by atoms with E-state index in [1.165, 1.54) is 22.5 Å². The maximum absolute atomic E-state index is 12.3. The number of amides is 2. The maximum atomic E-state index is 12.3. The van der Waals surface area contributed by atoms with Crippen LogP contribution in [-0.2, 0) is 41.6 Å². The molecule has 0 aliphatic carbocycles. The maximum Gasteiger partial charge on any atom is 0.471 e. The van der Waals surface area contributed by atoms with Crippen LogP contribution >= 0.6 is 15.9 Å². The lowest BCUT2D eigenvalue weighted by Crippen LogP contribution is -3.00. The third-order valence-electron chi connectivity index (χ3n) is 7.02. The molecule has 57 heavy (non-hydrogen) atoms. The molecule has 4 heterocycles. The summed E-state index contributed by atoms with van der Waals surface area (Å²) in [6.07, 6.45) is 0.167. The van der Waals surface area contributed by atoms with Crippen molar-refractivity contribution in [2.24, 2.45) is 34.6 Å². The predicted molar refractivity (Wildman–Crippen MR) is 192 cm³/mol. The monoisotopic (exact) mass is 946 g/mol. The molecule has 4 rings (SSSR count). The summed E-state index contributed by atoms with van der Waals surface area (Å²) >= 11 is 3.25. The number of azo groups is 2. The Morgan fingerprint density at radius 1 is 0.877 bits per heavy atom. The molecular weight excluding hydrogens is 906 g/mol. The summed E-state index contributed by atoms with van der Waals surface area (Å²) in [6, 6.07) is 0. The zero-order valence-electron chi connectivity index (χ0n) is 30.9. The highest BCUT2D eigenvalue weighted by Crippen LogP contribution is 2.24. The number of aromatic amines is 1. The van der Waals surface area contributed by atoms with Crippen LogP contribution in [0.15, 0.2) is 57.6 Å². The van der Waals surface area contributed by atoms with Gasteiger partial charge in [0.1, 0.15) is 11.5 Å². The molecule has 4 aromatic rings. The highest BCUT2D eigenvalue weighted by atomic mass is 79.9. The quantitative estimate of drug-likeness (QED) is 0.0364. The number of alkyl halides is 7. The van der Waals surface area contributed by atoms with Gasteiger partial charge in [0.2, 0.25) is 17.6 Å². The van der Waals surface area contributed by atoms with Crippen LogP contribution in [0.5, 0.6) is 0 Å². The number of anilines is 2. The number of hydrogen-bond acceptors (Lipinski definition) is 12. The molecular formula is C30H42Br2F6N16O3. The first kappa shape index (κ1) is 49.8. The van der Waals surface area contributed by atoms with E-state index in [2.05, 4.69) is 61.9 Å². The van der Waals surface area contributed by atoms with E-state index in [4.69, 9.17) is 11.5 Å². The van der Waals surface area contributed by atoms with Gasteiger partial charge in [-0.3, -0.25) is 23.7 Å². The summed E-state index contributed by atoms with van der Waals surface area (Å²) in [7, 11) is 3.33. The van der Waals surface area contributed by atoms with E-state index in [-0.39, 0.29) is 79.2 Å². The Bertz CT molecular complexity index is 1840. The molecule has 0 saturated carbocycles. The first-order valence-electron chi connectivity index (χ1n) is 16.6. The highest BCUT2D eigenvalue weighted by Gasteiger charge is 2.38. The molecule has 0 fully saturated rings. The number of carbonyl (C=O) groups is 3. The SMILES string of the molecule is CC(=O)NCCCBr.Cn1ncc(N=Nc2n(CCCCC(=O)C(F)(F)F)cc[n+]2CCCNC(=O)C(F)(F)F)c1N.Cn1ncc(N=Nc2ncc[nH]2)c1N.[Br-]. The number of nitrogens with zero attached hydrogens (tertiary/aromatic N) is 11. The summed E-state index contributed by atoms with van der Waals surface area (Å²) in [4.78, 5) is 38.8. The number of Topliss-reactive ketones (excluding diaryl/α,β-unsaturated/α-hetero) is 1. The van der Waals surface area contributed by atoms with Crippen LogP contribution in [0, 0.1) is 0 Å². The third kappa shape index (κ3) is 18.1. The first-order chi connectivity index (χ1) is 26.3. The van der Waals surface area contributed by atoms with Crippen molar-refractivity contribution < 1.29 is 62.3 Å². The van der Waals surface area contributed by atoms with Gasteiger partial charge in [0.15, 0.2) is 11.5 Å². The van der Waals surface area contributed by atoms with Gasteiger partial charge < -0.3 is 44.1 Å². The molecule has 7 N–H and O–H groups in total. The molecule has 4 aromatic heterocycles. The van der Waals surface area contributed by atoms with E-state index in [0.29, 0.717) is 17.5 Å². The molecule has 0 saturated heterocycles. The molecule has 0 aliphatic heterocycles. The standard InChI is InChI=1S/C18H22F6N8O2.C7H9N7.C5H10BrNO.BrH/c1-30-14(25)12(11-27-30)28-29-16-31(7-3-2-5-13(33)17(19,20)21)9-10-32(16)8-4-6-26-15(34)18(22,23)24;1-14-6(8)5(4-11-14)12-13-7-9-2-3-10-7;1-5(8)7-4-2-3-6;/h9-11,25H,2-8H2,1H3,(H,26,34);2-4H,8H2,1H3,(H,9,10);2-4H2,1H3,(H,7,8);1H. The van der Waals surface area contributed by atoms with E-state index in [1.807, 2.05) is 0 Å². The van der Waals surface area contributed by atoms with Gasteiger partial charge in [0, 0.05) is 63.4 Å². The van der Waals surface area contributed by atoms with Crippen molar-refractivity contribution in [2.45, 2.75) is 64.5 Å².